The van der Waals surface area contributed by atoms with E-state index in [4.69, 9.17) is 0 Å². The first-order valence-electron chi connectivity index (χ1n) is 5.55. The van der Waals surface area contributed by atoms with Gasteiger partial charge >= 0.3 is 0 Å². The number of rotatable bonds is 4. The Balaban J connectivity index is 2.19. The van der Waals surface area contributed by atoms with Gasteiger partial charge in [0.2, 0.25) is 0 Å². The summed E-state index contributed by atoms with van der Waals surface area (Å²) >= 11 is 0. The quantitative estimate of drug-likeness (QED) is 0.786. The Hall–Kier alpha value is -0.860. The average molecular weight is 206 g/mol. The lowest BCUT2D eigenvalue weighted by Gasteiger charge is -2.14. The molecule has 1 saturated carbocycles. The molecule has 2 rings (SSSR count). The van der Waals surface area contributed by atoms with Crippen LogP contribution in [0.4, 0.5) is 0 Å². The molecule has 0 spiro atoms. The van der Waals surface area contributed by atoms with Gasteiger partial charge in [-0.25, -0.2) is 0 Å². The highest BCUT2D eigenvalue weighted by atomic mass is 16.3. The highest BCUT2D eigenvalue weighted by molar-refractivity contribution is 5.35. The molecule has 0 amide bonds. The fourth-order valence-electron chi connectivity index (χ4n) is 2.06. The second kappa shape index (κ2) is 3.95. The van der Waals surface area contributed by atoms with Crippen molar-refractivity contribution in [1.29, 1.82) is 0 Å². The lowest BCUT2D eigenvalue weighted by molar-refractivity contribution is 0.195. The summed E-state index contributed by atoms with van der Waals surface area (Å²) in [7, 11) is 0. The van der Waals surface area contributed by atoms with Crippen molar-refractivity contribution in [2.45, 2.75) is 37.7 Å². The molecule has 82 valence electrons. The van der Waals surface area contributed by atoms with E-state index in [0.717, 1.165) is 18.4 Å². The van der Waals surface area contributed by atoms with Crippen LogP contribution in [-0.4, -0.2) is 22.9 Å². The van der Waals surface area contributed by atoms with Crippen LogP contribution in [0, 0.1) is 0 Å². The maximum absolute atomic E-state index is 9.33. The number of aliphatic hydroxyl groups is 2. The zero-order valence-corrected chi connectivity index (χ0v) is 9.11. The average Bonchev–Trinajstić information content (AvgIpc) is 2.97. The van der Waals surface area contributed by atoms with Crippen molar-refractivity contribution < 1.29 is 10.2 Å². The molecule has 0 radical (unpaired) electrons. The van der Waals surface area contributed by atoms with Gasteiger partial charge < -0.3 is 10.2 Å². The Morgan fingerprint density at radius 2 is 2.13 bits per heavy atom. The first-order chi connectivity index (χ1) is 7.16. The molecule has 0 heterocycles. The van der Waals surface area contributed by atoms with Crippen LogP contribution < -0.4 is 0 Å². The number of hydrogen-bond acceptors (Lipinski definition) is 2. The third kappa shape index (κ3) is 2.21. The van der Waals surface area contributed by atoms with Gasteiger partial charge in [0.25, 0.3) is 0 Å². The number of hydrogen-bond donors (Lipinski definition) is 2. The monoisotopic (exact) mass is 206 g/mol. The summed E-state index contributed by atoms with van der Waals surface area (Å²) in [6.45, 7) is 2.04. The van der Waals surface area contributed by atoms with E-state index in [9.17, 15) is 10.2 Å². The lowest BCUT2D eigenvalue weighted by atomic mass is 9.94. The maximum Gasteiger partial charge on any atom is 0.0552 e. The smallest absolute Gasteiger partial charge is 0.0552 e. The Labute approximate surface area is 90.6 Å². The minimum Gasteiger partial charge on any atom is -0.395 e. The highest BCUT2D eigenvalue weighted by Crippen LogP contribution is 2.47. The molecule has 15 heavy (non-hydrogen) atoms. The van der Waals surface area contributed by atoms with Crippen LogP contribution in [0.5, 0.6) is 0 Å². The summed E-state index contributed by atoms with van der Waals surface area (Å²) in [5.41, 5.74) is 2.42. The summed E-state index contributed by atoms with van der Waals surface area (Å²) in [4.78, 5) is 0. The predicted octanol–water partition coefficient (Wildman–Crippen LogP) is 1.63. The van der Waals surface area contributed by atoms with Gasteiger partial charge in [0, 0.05) is 5.41 Å². The van der Waals surface area contributed by atoms with E-state index in [-0.39, 0.29) is 18.1 Å². The van der Waals surface area contributed by atoms with Crippen molar-refractivity contribution in [3.8, 4) is 0 Å². The van der Waals surface area contributed by atoms with Crippen LogP contribution in [-0.2, 0) is 11.8 Å². The SMILES string of the molecule is CC(O)Cc1cccc(C2(CO)CC2)c1. The van der Waals surface area contributed by atoms with Gasteiger partial charge in [-0.05, 0) is 37.3 Å². The predicted molar refractivity (Wildman–Crippen MR) is 59.8 cm³/mol. The van der Waals surface area contributed by atoms with Crippen LogP contribution in [0.3, 0.4) is 0 Å². The molecule has 2 N–H and O–H groups in total. The Bertz CT molecular complexity index is 340. The fourth-order valence-corrected chi connectivity index (χ4v) is 2.06. The molecule has 1 atom stereocenters. The van der Waals surface area contributed by atoms with Crippen molar-refractivity contribution in [3.05, 3.63) is 35.4 Å². The van der Waals surface area contributed by atoms with Gasteiger partial charge in [-0.2, -0.15) is 0 Å². The molecular formula is C13H18O2. The Kier molecular flexibility index (Phi) is 2.81. The second-order valence-corrected chi connectivity index (χ2v) is 4.69. The van der Waals surface area contributed by atoms with Crippen molar-refractivity contribution >= 4 is 0 Å². The molecule has 0 aliphatic heterocycles. The molecule has 1 unspecified atom stereocenters. The van der Waals surface area contributed by atoms with Crippen molar-refractivity contribution in [2.24, 2.45) is 0 Å². The lowest BCUT2D eigenvalue weighted by Crippen LogP contribution is -2.13. The minimum atomic E-state index is -0.301. The van der Waals surface area contributed by atoms with E-state index in [1.165, 1.54) is 5.56 Å². The van der Waals surface area contributed by atoms with Crippen LogP contribution in [0.15, 0.2) is 24.3 Å². The van der Waals surface area contributed by atoms with Crippen LogP contribution in [0.25, 0.3) is 0 Å². The van der Waals surface area contributed by atoms with E-state index in [0.29, 0.717) is 6.42 Å². The van der Waals surface area contributed by atoms with Gasteiger partial charge in [-0.3, -0.25) is 0 Å². The molecule has 1 fully saturated rings. The molecule has 2 heteroatoms. The zero-order valence-electron chi connectivity index (χ0n) is 9.11. The van der Waals surface area contributed by atoms with Gasteiger partial charge in [0.1, 0.15) is 0 Å². The summed E-state index contributed by atoms with van der Waals surface area (Å²) in [6.07, 6.45) is 2.56. The molecule has 0 aromatic heterocycles. The van der Waals surface area contributed by atoms with E-state index in [1.807, 2.05) is 12.1 Å². The molecule has 1 aromatic carbocycles. The largest absolute Gasteiger partial charge is 0.395 e. The van der Waals surface area contributed by atoms with Gasteiger partial charge in [-0.1, -0.05) is 24.3 Å². The maximum atomic E-state index is 9.33. The zero-order chi connectivity index (χ0) is 10.9. The van der Waals surface area contributed by atoms with Crippen LogP contribution in [0.2, 0.25) is 0 Å². The van der Waals surface area contributed by atoms with E-state index >= 15 is 0 Å². The normalized spacial score (nSPS) is 19.9. The van der Waals surface area contributed by atoms with Gasteiger partial charge in [0.05, 0.1) is 12.7 Å². The highest BCUT2D eigenvalue weighted by Gasteiger charge is 2.43. The topological polar surface area (TPSA) is 40.5 Å². The van der Waals surface area contributed by atoms with Crippen molar-refractivity contribution in [1.82, 2.24) is 0 Å². The Morgan fingerprint density at radius 1 is 1.40 bits per heavy atom. The molecule has 1 aromatic rings. The van der Waals surface area contributed by atoms with Crippen molar-refractivity contribution in [2.75, 3.05) is 6.61 Å². The van der Waals surface area contributed by atoms with Gasteiger partial charge in [-0.15, -0.1) is 0 Å². The molecule has 1 aliphatic rings. The number of benzene rings is 1. The van der Waals surface area contributed by atoms with E-state index in [1.54, 1.807) is 6.92 Å². The second-order valence-electron chi connectivity index (χ2n) is 4.69. The van der Waals surface area contributed by atoms with Crippen LogP contribution >= 0.6 is 0 Å². The molecule has 0 bridgehead atoms. The third-order valence-electron chi connectivity index (χ3n) is 3.23. The molecule has 2 nitrogen and oxygen atoms in total. The standard InChI is InChI=1S/C13H18O2/c1-10(15)7-11-3-2-4-12(8-11)13(9-14)5-6-13/h2-4,8,10,14-15H,5-7,9H2,1H3. The summed E-state index contributed by atoms with van der Waals surface area (Å²) in [5.74, 6) is 0. The fraction of sp³-hybridized carbons (Fsp3) is 0.538. The first kappa shape index (κ1) is 10.7. The Morgan fingerprint density at radius 3 is 2.67 bits per heavy atom. The molecule has 1 aliphatic carbocycles. The van der Waals surface area contributed by atoms with Crippen molar-refractivity contribution in [3.63, 3.8) is 0 Å². The third-order valence-corrected chi connectivity index (χ3v) is 3.23. The van der Waals surface area contributed by atoms with E-state index < -0.39 is 0 Å². The van der Waals surface area contributed by atoms with Crippen LogP contribution in [0.1, 0.15) is 30.9 Å². The molecule has 0 saturated heterocycles. The summed E-state index contributed by atoms with van der Waals surface area (Å²) in [6, 6.07) is 8.25. The molecular weight excluding hydrogens is 188 g/mol. The number of aliphatic hydroxyl groups excluding tert-OH is 2. The minimum absolute atomic E-state index is 0.0364. The summed E-state index contributed by atoms with van der Waals surface area (Å²) < 4.78 is 0. The van der Waals surface area contributed by atoms with Gasteiger partial charge in [0.15, 0.2) is 0 Å². The first-order valence-corrected chi connectivity index (χ1v) is 5.55. The van der Waals surface area contributed by atoms with E-state index in [2.05, 4.69) is 12.1 Å². The summed E-state index contributed by atoms with van der Waals surface area (Å²) in [5, 5.41) is 18.7.